The van der Waals surface area contributed by atoms with E-state index in [9.17, 15) is 14.7 Å². The van der Waals surface area contributed by atoms with Crippen molar-refractivity contribution >= 4 is 17.8 Å². The number of carbonyl (C=O) groups excluding carboxylic acids is 2. The summed E-state index contributed by atoms with van der Waals surface area (Å²) < 4.78 is 5.75. The van der Waals surface area contributed by atoms with Gasteiger partial charge in [0.25, 0.3) is 0 Å². The van der Waals surface area contributed by atoms with Crippen molar-refractivity contribution in [3.05, 3.63) is 6.20 Å². The normalized spacial score (nSPS) is 18.7. The molecule has 0 saturated carbocycles. The van der Waals surface area contributed by atoms with Crippen LogP contribution in [0.4, 0.5) is 10.6 Å². The summed E-state index contributed by atoms with van der Waals surface area (Å²) >= 11 is 0. The predicted octanol–water partition coefficient (Wildman–Crippen LogP) is -0.560. The standard InChI is InChI=1S/C11H17N5O4/c1-20-11(19)12-9-6-16(14-13-9)7-10(18)15-4-2-3-8(17)5-15/h6,8,17H,2-5,7H2,1H3,(H,12,19). The topological polar surface area (TPSA) is 110 Å². The van der Waals surface area contributed by atoms with E-state index >= 15 is 0 Å². The molecule has 0 spiro atoms. The average Bonchev–Trinajstić information content (AvgIpc) is 2.85. The average molecular weight is 283 g/mol. The molecule has 0 radical (unpaired) electrons. The van der Waals surface area contributed by atoms with Gasteiger partial charge in [0.1, 0.15) is 6.54 Å². The monoisotopic (exact) mass is 283 g/mol. The molecule has 0 bridgehead atoms. The third-order valence-electron chi connectivity index (χ3n) is 3.00. The first-order valence-corrected chi connectivity index (χ1v) is 6.29. The minimum Gasteiger partial charge on any atom is -0.453 e. The zero-order chi connectivity index (χ0) is 14.5. The van der Waals surface area contributed by atoms with Crippen LogP contribution in [-0.4, -0.2) is 63.3 Å². The van der Waals surface area contributed by atoms with Gasteiger partial charge in [0, 0.05) is 13.1 Å². The summed E-state index contributed by atoms with van der Waals surface area (Å²) in [6.07, 6.45) is 1.84. The minimum atomic E-state index is -0.650. The van der Waals surface area contributed by atoms with Crippen molar-refractivity contribution < 1.29 is 19.4 Å². The van der Waals surface area contributed by atoms with Gasteiger partial charge in [0.15, 0.2) is 5.82 Å². The number of aliphatic hydroxyl groups is 1. The van der Waals surface area contributed by atoms with E-state index in [1.165, 1.54) is 18.0 Å². The van der Waals surface area contributed by atoms with E-state index in [4.69, 9.17) is 0 Å². The highest BCUT2D eigenvalue weighted by Gasteiger charge is 2.22. The number of rotatable bonds is 3. The Morgan fingerprint density at radius 2 is 2.40 bits per heavy atom. The Kier molecular flexibility index (Phi) is 4.51. The number of amides is 2. The number of hydrogen-bond donors (Lipinski definition) is 2. The molecule has 2 N–H and O–H groups in total. The summed E-state index contributed by atoms with van der Waals surface area (Å²) in [5.74, 6) is 0.0709. The van der Waals surface area contributed by atoms with Crippen LogP contribution in [0.3, 0.4) is 0 Å². The van der Waals surface area contributed by atoms with E-state index in [0.717, 1.165) is 12.8 Å². The summed E-state index contributed by atoms with van der Waals surface area (Å²) in [6.45, 7) is 1.00. The third kappa shape index (κ3) is 3.67. The molecule has 1 fully saturated rings. The fourth-order valence-electron chi connectivity index (χ4n) is 2.01. The number of nitrogens with zero attached hydrogens (tertiary/aromatic N) is 4. The van der Waals surface area contributed by atoms with Crippen LogP contribution in [0, 0.1) is 0 Å². The molecule has 1 aromatic rings. The van der Waals surface area contributed by atoms with Gasteiger partial charge in [-0.3, -0.25) is 10.1 Å². The van der Waals surface area contributed by atoms with E-state index in [-0.39, 0.29) is 18.3 Å². The zero-order valence-corrected chi connectivity index (χ0v) is 11.2. The number of anilines is 1. The predicted molar refractivity (Wildman–Crippen MR) is 67.9 cm³/mol. The van der Waals surface area contributed by atoms with Gasteiger partial charge in [-0.2, -0.15) is 0 Å². The fourth-order valence-corrected chi connectivity index (χ4v) is 2.01. The van der Waals surface area contributed by atoms with Crippen LogP contribution >= 0.6 is 0 Å². The van der Waals surface area contributed by atoms with Crippen molar-refractivity contribution in [3.63, 3.8) is 0 Å². The SMILES string of the molecule is COC(=O)Nc1cn(CC(=O)N2CCCC(O)C2)nn1. The van der Waals surface area contributed by atoms with Gasteiger partial charge in [-0.1, -0.05) is 5.21 Å². The maximum absolute atomic E-state index is 12.0. The maximum Gasteiger partial charge on any atom is 0.412 e. The first kappa shape index (κ1) is 14.3. The number of carbonyl (C=O) groups is 2. The Labute approximate surface area is 115 Å². The molecule has 1 aromatic heterocycles. The zero-order valence-electron chi connectivity index (χ0n) is 11.2. The highest BCUT2D eigenvalue weighted by Crippen LogP contribution is 2.10. The van der Waals surface area contributed by atoms with Crippen LogP contribution in [0.5, 0.6) is 0 Å². The first-order chi connectivity index (χ1) is 9.58. The molecule has 1 saturated heterocycles. The lowest BCUT2D eigenvalue weighted by atomic mass is 10.1. The number of aromatic nitrogens is 3. The smallest absolute Gasteiger partial charge is 0.412 e. The Morgan fingerprint density at radius 1 is 1.60 bits per heavy atom. The molecule has 9 nitrogen and oxygen atoms in total. The second kappa shape index (κ2) is 6.33. The number of nitrogens with one attached hydrogen (secondary N) is 1. The molecular weight excluding hydrogens is 266 g/mol. The van der Waals surface area contributed by atoms with Gasteiger partial charge >= 0.3 is 6.09 Å². The summed E-state index contributed by atoms with van der Waals surface area (Å²) in [5.41, 5.74) is 0. The minimum absolute atomic E-state index is 0.0164. The summed E-state index contributed by atoms with van der Waals surface area (Å²) in [6, 6.07) is 0. The Balaban J connectivity index is 1.89. The molecule has 2 amide bonds. The van der Waals surface area contributed by atoms with Crippen molar-refractivity contribution in [2.75, 3.05) is 25.5 Å². The van der Waals surface area contributed by atoms with Gasteiger partial charge in [0.2, 0.25) is 5.91 Å². The Bertz CT molecular complexity index is 489. The molecule has 2 heterocycles. The fraction of sp³-hybridized carbons (Fsp3) is 0.636. The van der Waals surface area contributed by atoms with Crippen LogP contribution in [-0.2, 0) is 16.1 Å². The van der Waals surface area contributed by atoms with Gasteiger partial charge in [-0.15, -0.1) is 5.10 Å². The molecule has 0 aliphatic carbocycles. The maximum atomic E-state index is 12.0. The first-order valence-electron chi connectivity index (χ1n) is 6.29. The summed E-state index contributed by atoms with van der Waals surface area (Å²) in [7, 11) is 1.24. The molecule has 1 unspecified atom stereocenters. The van der Waals surface area contributed by atoms with Crippen LogP contribution in [0.1, 0.15) is 12.8 Å². The third-order valence-corrected chi connectivity index (χ3v) is 3.00. The number of ether oxygens (including phenoxy) is 1. The van der Waals surface area contributed by atoms with Crippen LogP contribution in [0.15, 0.2) is 6.20 Å². The molecule has 9 heteroatoms. The quantitative estimate of drug-likeness (QED) is 0.769. The van der Waals surface area contributed by atoms with E-state index < -0.39 is 12.2 Å². The van der Waals surface area contributed by atoms with Crippen LogP contribution in [0.2, 0.25) is 0 Å². The second-order valence-electron chi connectivity index (χ2n) is 4.55. The molecule has 0 aromatic carbocycles. The molecule has 110 valence electrons. The number of piperidine rings is 1. The van der Waals surface area contributed by atoms with Gasteiger partial charge < -0.3 is 14.7 Å². The molecule has 1 aliphatic rings. The van der Waals surface area contributed by atoms with Gasteiger partial charge in [-0.25, -0.2) is 9.48 Å². The van der Waals surface area contributed by atoms with E-state index in [0.29, 0.717) is 13.1 Å². The Hall–Kier alpha value is -2.16. The highest BCUT2D eigenvalue weighted by atomic mass is 16.5. The number of aliphatic hydroxyl groups excluding tert-OH is 1. The van der Waals surface area contributed by atoms with Gasteiger partial charge in [-0.05, 0) is 12.8 Å². The van der Waals surface area contributed by atoms with Crippen molar-refractivity contribution in [2.24, 2.45) is 0 Å². The number of hydrogen-bond acceptors (Lipinski definition) is 6. The highest BCUT2D eigenvalue weighted by molar-refractivity contribution is 5.82. The molecule has 2 rings (SSSR count). The van der Waals surface area contributed by atoms with Crippen LogP contribution in [0.25, 0.3) is 0 Å². The second-order valence-corrected chi connectivity index (χ2v) is 4.55. The van der Waals surface area contributed by atoms with Crippen molar-refractivity contribution in [1.29, 1.82) is 0 Å². The molecular formula is C11H17N5O4. The molecule has 20 heavy (non-hydrogen) atoms. The summed E-state index contributed by atoms with van der Waals surface area (Å²) in [5, 5.41) is 19.3. The lowest BCUT2D eigenvalue weighted by Crippen LogP contribution is -2.43. The number of methoxy groups -OCH3 is 1. The number of β-amino-alcohol motifs (C(OH)–C–C–N with tert-alkyl or cyclic N) is 1. The van der Waals surface area contributed by atoms with E-state index in [1.807, 2.05) is 0 Å². The summed E-state index contributed by atoms with van der Waals surface area (Å²) in [4.78, 5) is 24.6. The van der Waals surface area contributed by atoms with Crippen molar-refractivity contribution in [1.82, 2.24) is 19.9 Å². The lowest BCUT2D eigenvalue weighted by Gasteiger charge is -2.29. The van der Waals surface area contributed by atoms with Crippen molar-refractivity contribution in [2.45, 2.75) is 25.5 Å². The largest absolute Gasteiger partial charge is 0.453 e. The van der Waals surface area contributed by atoms with Gasteiger partial charge in [0.05, 0.1) is 19.4 Å². The Morgan fingerprint density at radius 3 is 3.10 bits per heavy atom. The molecule has 1 aliphatic heterocycles. The van der Waals surface area contributed by atoms with E-state index in [2.05, 4.69) is 20.4 Å². The number of likely N-dealkylation sites (tertiary alicyclic amines) is 1. The lowest BCUT2D eigenvalue weighted by molar-refractivity contribution is -0.135. The molecule has 1 atom stereocenters. The van der Waals surface area contributed by atoms with Crippen molar-refractivity contribution in [3.8, 4) is 0 Å². The van der Waals surface area contributed by atoms with E-state index in [1.54, 1.807) is 4.90 Å². The van der Waals surface area contributed by atoms with Crippen LogP contribution < -0.4 is 5.32 Å².